The van der Waals surface area contributed by atoms with Gasteiger partial charge >= 0.3 is 0 Å². The Morgan fingerprint density at radius 2 is 1.90 bits per heavy atom. The van der Waals surface area contributed by atoms with Gasteiger partial charge in [-0.05, 0) is 17.0 Å². The van der Waals surface area contributed by atoms with E-state index in [1.54, 1.807) is 17.0 Å². The van der Waals surface area contributed by atoms with Crippen LogP contribution in [0, 0.1) is 5.92 Å². The summed E-state index contributed by atoms with van der Waals surface area (Å²) in [6.07, 6.45) is 3.35. The summed E-state index contributed by atoms with van der Waals surface area (Å²) in [5.74, 6) is 0.772. The first kappa shape index (κ1) is 15.3. The monoisotopic (exact) mass is 287 g/mol. The molecular weight excluding hydrogens is 266 g/mol. The van der Waals surface area contributed by atoms with E-state index in [2.05, 4.69) is 24.1 Å². The van der Waals surface area contributed by atoms with Gasteiger partial charge < -0.3 is 15.0 Å². The minimum Gasteiger partial charge on any atom is -0.392 e. The standard InChI is InChI=1S/C16H21N3O2/c1-12(2)10-19-8-7-17-15(16(19)21)18-9-13-3-5-14(11-20)6-4-13/h3-8,12,20H,9-11H2,1-2H3,(H,17,18). The van der Waals surface area contributed by atoms with Gasteiger partial charge in [0.1, 0.15) is 0 Å². The van der Waals surface area contributed by atoms with E-state index in [9.17, 15) is 4.79 Å². The first-order valence-corrected chi connectivity index (χ1v) is 7.08. The third-order valence-electron chi connectivity index (χ3n) is 3.14. The van der Waals surface area contributed by atoms with Crippen LogP contribution < -0.4 is 10.9 Å². The summed E-state index contributed by atoms with van der Waals surface area (Å²) in [7, 11) is 0. The van der Waals surface area contributed by atoms with E-state index < -0.39 is 0 Å². The number of anilines is 1. The predicted octanol–water partition coefficient (Wildman–Crippen LogP) is 2.00. The highest BCUT2D eigenvalue weighted by Crippen LogP contribution is 2.06. The minimum absolute atomic E-state index is 0.0356. The maximum atomic E-state index is 12.2. The summed E-state index contributed by atoms with van der Waals surface area (Å²) in [6.45, 7) is 5.39. The fourth-order valence-corrected chi connectivity index (χ4v) is 2.05. The average Bonchev–Trinajstić information content (AvgIpc) is 2.48. The number of hydrogen-bond donors (Lipinski definition) is 2. The molecule has 0 saturated carbocycles. The van der Waals surface area contributed by atoms with Gasteiger partial charge in [0.05, 0.1) is 6.61 Å². The highest BCUT2D eigenvalue weighted by atomic mass is 16.3. The van der Waals surface area contributed by atoms with Gasteiger partial charge in [-0.3, -0.25) is 4.79 Å². The summed E-state index contributed by atoms with van der Waals surface area (Å²) in [5.41, 5.74) is 1.81. The van der Waals surface area contributed by atoms with Gasteiger partial charge in [0.15, 0.2) is 5.82 Å². The molecule has 0 aliphatic rings. The SMILES string of the molecule is CC(C)Cn1ccnc(NCc2ccc(CO)cc2)c1=O. The first-order chi connectivity index (χ1) is 10.1. The Labute approximate surface area is 124 Å². The molecule has 2 rings (SSSR count). The molecule has 5 nitrogen and oxygen atoms in total. The zero-order valence-corrected chi connectivity index (χ0v) is 12.4. The molecule has 112 valence electrons. The van der Waals surface area contributed by atoms with E-state index in [1.165, 1.54) is 0 Å². The van der Waals surface area contributed by atoms with Crippen LogP contribution in [-0.4, -0.2) is 14.7 Å². The molecule has 0 bridgehead atoms. The zero-order chi connectivity index (χ0) is 15.2. The van der Waals surface area contributed by atoms with Crippen LogP contribution in [0.3, 0.4) is 0 Å². The molecule has 0 aliphatic heterocycles. The Kier molecular flexibility index (Phi) is 5.11. The summed E-state index contributed by atoms with van der Waals surface area (Å²) < 4.78 is 1.68. The molecule has 1 aromatic heterocycles. The van der Waals surface area contributed by atoms with Crippen molar-refractivity contribution in [3.05, 3.63) is 58.1 Å². The quantitative estimate of drug-likeness (QED) is 0.853. The average molecular weight is 287 g/mol. The maximum Gasteiger partial charge on any atom is 0.293 e. The minimum atomic E-state index is -0.0989. The molecule has 0 unspecified atom stereocenters. The molecule has 0 saturated heterocycles. The normalized spacial score (nSPS) is 10.9. The van der Waals surface area contributed by atoms with E-state index in [0.29, 0.717) is 24.8 Å². The van der Waals surface area contributed by atoms with Crippen molar-refractivity contribution in [3.63, 3.8) is 0 Å². The van der Waals surface area contributed by atoms with Gasteiger partial charge in [-0.1, -0.05) is 38.1 Å². The topological polar surface area (TPSA) is 67.2 Å². The van der Waals surface area contributed by atoms with Crippen molar-refractivity contribution in [2.45, 2.75) is 33.5 Å². The van der Waals surface area contributed by atoms with E-state index in [0.717, 1.165) is 11.1 Å². The molecule has 2 aromatic rings. The highest BCUT2D eigenvalue weighted by molar-refractivity contribution is 5.33. The van der Waals surface area contributed by atoms with Crippen molar-refractivity contribution in [1.82, 2.24) is 9.55 Å². The molecule has 0 aliphatic carbocycles. The van der Waals surface area contributed by atoms with Crippen LogP contribution in [0.2, 0.25) is 0 Å². The van der Waals surface area contributed by atoms with Gasteiger partial charge in [-0.15, -0.1) is 0 Å². The smallest absolute Gasteiger partial charge is 0.293 e. The van der Waals surface area contributed by atoms with Crippen LogP contribution in [0.5, 0.6) is 0 Å². The van der Waals surface area contributed by atoms with Crippen LogP contribution in [0.4, 0.5) is 5.82 Å². The lowest BCUT2D eigenvalue weighted by atomic mass is 10.1. The summed E-state index contributed by atoms with van der Waals surface area (Å²) in [5, 5.41) is 12.1. The number of hydrogen-bond acceptors (Lipinski definition) is 4. The second-order valence-corrected chi connectivity index (χ2v) is 5.46. The Hall–Kier alpha value is -2.14. The molecule has 2 N–H and O–H groups in total. The zero-order valence-electron chi connectivity index (χ0n) is 12.4. The molecular formula is C16H21N3O2. The number of aromatic nitrogens is 2. The van der Waals surface area contributed by atoms with Crippen molar-refractivity contribution in [2.75, 3.05) is 5.32 Å². The van der Waals surface area contributed by atoms with Crippen LogP contribution in [0.1, 0.15) is 25.0 Å². The van der Waals surface area contributed by atoms with Crippen molar-refractivity contribution in [2.24, 2.45) is 5.92 Å². The van der Waals surface area contributed by atoms with Crippen molar-refractivity contribution in [1.29, 1.82) is 0 Å². The molecule has 0 fully saturated rings. The Balaban J connectivity index is 2.07. The number of aliphatic hydroxyl groups is 1. The largest absolute Gasteiger partial charge is 0.392 e. The molecule has 5 heteroatoms. The second kappa shape index (κ2) is 7.04. The summed E-state index contributed by atoms with van der Waals surface area (Å²) in [4.78, 5) is 16.3. The number of nitrogens with one attached hydrogen (secondary N) is 1. The Bertz CT molecular complexity index is 633. The fraction of sp³-hybridized carbons (Fsp3) is 0.375. The summed E-state index contributed by atoms with van der Waals surface area (Å²) >= 11 is 0. The Morgan fingerprint density at radius 3 is 2.52 bits per heavy atom. The highest BCUT2D eigenvalue weighted by Gasteiger charge is 2.06. The fourth-order valence-electron chi connectivity index (χ4n) is 2.05. The molecule has 0 amide bonds. The van der Waals surface area contributed by atoms with Crippen molar-refractivity contribution >= 4 is 5.82 Å². The third-order valence-corrected chi connectivity index (χ3v) is 3.14. The molecule has 0 spiro atoms. The van der Waals surface area contributed by atoms with E-state index in [4.69, 9.17) is 5.11 Å². The van der Waals surface area contributed by atoms with Crippen LogP contribution in [0.15, 0.2) is 41.5 Å². The van der Waals surface area contributed by atoms with Gasteiger partial charge in [-0.2, -0.15) is 0 Å². The molecule has 0 atom stereocenters. The number of aliphatic hydroxyl groups excluding tert-OH is 1. The predicted molar refractivity (Wildman–Crippen MR) is 83.0 cm³/mol. The van der Waals surface area contributed by atoms with Crippen LogP contribution in [0.25, 0.3) is 0 Å². The van der Waals surface area contributed by atoms with Gasteiger partial charge in [0.25, 0.3) is 5.56 Å². The van der Waals surface area contributed by atoms with Crippen molar-refractivity contribution in [3.8, 4) is 0 Å². The molecule has 1 heterocycles. The number of rotatable bonds is 6. The van der Waals surface area contributed by atoms with Gasteiger partial charge in [-0.25, -0.2) is 4.98 Å². The van der Waals surface area contributed by atoms with Crippen molar-refractivity contribution < 1.29 is 5.11 Å². The summed E-state index contributed by atoms with van der Waals surface area (Å²) in [6, 6.07) is 7.58. The molecule has 1 aromatic carbocycles. The van der Waals surface area contributed by atoms with Crippen LogP contribution >= 0.6 is 0 Å². The lowest BCUT2D eigenvalue weighted by molar-refractivity contribution is 0.282. The van der Waals surface area contributed by atoms with Crippen LogP contribution in [-0.2, 0) is 19.7 Å². The molecule has 21 heavy (non-hydrogen) atoms. The van der Waals surface area contributed by atoms with E-state index >= 15 is 0 Å². The third kappa shape index (κ3) is 4.16. The Morgan fingerprint density at radius 1 is 1.24 bits per heavy atom. The maximum absolute atomic E-state index is 12.2. The number of benzene rings is 1. The lowest BCUT2D eigenvalue weighted by Crippen LogP contribution is -2.25. The van der Waals surface area contributed by atoms with E-state index in [-0.39, 0.29) is 12.2 Å². The van der Waals surface area contributed by atoms with E-state index in [1.807, 2.05) is 24.3 Å². The lowest BCUT2D eigenvalue weighted by Gasteiger charge is -2.11. The van der Waals surface area contributed by atoms with Gasteiger partial charge in [0.2, 0.25) is 0 Å². The first-order valence-electron chi connectivity index (χ1n) is 7.08. The van der Waals surface area contributed by atoms with Gasteiger partial charge in [0, 0.05) is 25.5 Å². The second-order valence-electron chi connectivity index (χ2n) is 5.46. The number of nitrogens with zero attached hydrogens (tertiary/aromatic N) is 2. The molecule has 0 radical (unpaired) electrons.